The largest absolute Gasteiger partial charge is 0.379 e. The molecular formula is C9H6FN5O. The van der Waals surface area contributed by atoms with Gasteiger partial charge >= 0.3 is 0 Å². The van der Waals surface area contributed by atoms with Crippen molar-refractivity contribution < 1.29 is 9.02 Å². The molecule has 0 radical (unpaired) electrons. The maximum atomic E-state index is 12.9. The molecule has 1 aromatic carbocycles. The summed E-state index contributed by atoms with van der Waals surface area (Å²) < 4.78 is 17.4. The summed E-state index contributed by atoms with van der Waals surface area (Å²) in [6, 6.07) is 4.25. The van der Waals surface area contributed by atoms with Gasteiger partial charge in [0.1, 0.15) is 5.82 Å². The zero-order chi connectivity index (χ0) is 11.1. The van der Waals surface area contributed by atoms with Gasteiger partial charge in [-0.2, -0.15) is 0 Å². The minimum absolute atomic E-state index is 0.138. The normalized spacial score (nSPS) is 11.1. The van der Waals surface area contributed by atoms with Gasteiger partial charge in [-0.3, -0.25) is 0 Å². The number of aromatic amines is 1. The third-order valence-corrected chi connectivity index (χ3v) is 2.18. The van der Waals surface area contributed by atoms with Gasteiger partial charge in [0.2, 0.25) is 0 Å². The predicted molar refractivity (Wildman–Crippen MR) is 53.8 cm³/mol. The highest BCUT2D eigenvalue weighted by atomic mass is 19.1. The Hall–Kier alpha value is -2.44. The van der Waals surface area contributed by atoms with Crippen molar-refractivity contribution in [2.45, 2.75) is 0 Å². The highest BCUT2D eigenvalue weighted by molar-refractivity contribution is 5.80. The molecule has 3 rings (SSSR count). The molecule has 0 aliphatic carbocycles. The average Bonchev–Trinajstić information content (AvgIpc) is 2.82. The molecule has 7 heteroatoms. The number of benzene rings is 1. The van der Waals surface area contributed by atoms with E-state index in [9.17, 15) is 4.39 Å². The number of fused-ring (bicyclic) bond motifs is 1. The minimum atomic E-state index is -0.350. The molecule has 6 nitrogen and oxygen atoms in total. The lowest BCUT2D eigenvalue weighted by Gasteiger charge is -1.86. The van der Waals surface area contributed by atoms with Gasteiger partial charge in [-0.15, -0.1) is 0 Å². The Balaban J connectivity index is 2.23. The first-order valence-corrected chi connectivity index (χ1v) is 4.48. The number of nitrogens with two attached hydrogens (primary N) is 1. The molecule has 0 saturated heterocycles. The van der Waals surface area contributed by atoms with Crippen LogP contribution in [0.1, 0.15) is 0 Å². The molecule has 0 bridgehead atoms. The van der Waals surface area contributed by atoms with Gasteiger partial charge in [-0.05, 0) is 22.4 Å². The van der Waals surface area contributed by atoms with Gasteiger partial charge in [-0.1, -0.05) is 0 Å². The number of halogens is 1. The fraction of sp³-hybridized carbons (Fsp3) is 0. The molecular weight excluding hydrogens is 213 g/mol. The van der Waals surface area contributed by atoms with Crippen LogP contribution < -0.4 is 5.73 Å². The molecule has 2 heterocycles. The van der Waals surface area contributed by atoms with Crippen LogP contribution in [0.15, 0.2) is 22.8 Å². The third kappa shape index (κ3) is 1.22. The van der Waals surface area contributed by atoms with Gasteiger partial charge in [0, 0.05) is 6.07 Å². The van der Waals surface area contributed by atoms with E-state index in [0.717, 1.165) is 0 Å². The van der Waals surface area contributed by atoms with E-state index in [-0.39, 0.29) is 11.6 Å². The van der Waals surface area contributed by atoms with E-state index >= 15 is 0 Å². The van der Waals surface area contributed by atoms with E-state index in [1.54, 1.807) is 6.07 Å². The van der Waals surface area contributed by atoms with Crippen LogP contribution in [0.3, 0.4) is 0 Å². The highest BCUT2D eigenvalue weighted by Crippen LogP contribution is 2.22. The second-order valence-electron chi connectivity index (χ2n) is 3.24. The van der Waals surface area contributed by atoms with E-state index in [1.807, 2.05) is 0 Å². The summed E-state index contributed by atoms with van der Waals surface area (Å²) in [5, 5.41) is 7.04. The lowest BCUT2D eigenvalue weighted by atomic mass is 10.3. The molecule has 0 amide bonds. The number of nitrogens with zero attached hydrogens (tertiary/aromatic N) is 3. The number of hydrogen-bond acceptors (Lipinski definition) is 5. The monoisotopic (exact) mass is 219 g/mol. The van der Waals surface area contributed by atoms with Crippen LogP contribution in [-0.2, 0) is 0 Å². The maximum Gasteiger partial charge on any atom is 0.199 e. The average molecular weight is 219 g/mol. The van der Waals surface area contributed by atoms with Crippen molar-refractivity contribution in [3.05, 3.63) is 24.0 Å². The Morgan fingerprint density at radius 3 is 2.94 bits per heavy atom. The van der Waals surface area contributed by atoms with Crippen LogP contribution in [0.5, 0.6) is 0 Å². The molecule has 3 aromatic rings. The Morgan fingerprint density at radius 1 is 1.31 bits per heavy atom. The summed E-state index contributed by atoms with van der Waals surface area (Å²) in [7, 11) is 0. The van der Waals surface area contributed by atoms with Crippen molar-refractivity contribution in [2.24, 2.45) is 0 Å². The highest BCUT2D eigenvalue weighted by Gasteiger charge is 2.13. The zero-order valence-corrected chi connectivity index (χ0v) is 7.94. The maximum absolute atomic E-state index is 12.9. The first-order valence-electron chi connectivity index (χ1n) is 4.48. The molecule has 0 atom stereocenters. The standard InChI is InChI=1S/C9H6FN5O/c10-4-1-2-5-6(3-4)13-9(12-5)7-8(11)15-16-14-7/h1-3H,(H2,11,15)(H,12,13). The number of H-pyrrole nitrogens is 1. The quantitative estimate of drug-likeness (QED) is 0.644. The molecule has 80 valence electrons. The van der Waals surface area contributed by atoms with Crippen molar-refractivity contribution in [1.29, 1.82) is 0 Å². The van der Waals surface area contributed by atoms with E-state index in [2.05, 4.69) is 24.9 Å². The van der Waals surface area contributed by atoms with E-state index in [0.29, 0.717) is 22.6 Å². The van der Waals surface area contributed by atoms with Crippen LogP contribution in [0.25, 0.3) is 22.6 Å². The smallest absolute Gasteiger partial charge is 0.199 e. The van der Waals surface area contributed by atoms with Crippen molar-refractivity contribution >= 4 is 16.9 Å². The Kier molecular flexibility index (Phi) is 1.67. The molecule has 0 aliphatic heterocycles. The number of rotatable bonds is 1. The number of aromatic nitrogens is 4. The van der Waals surface area contributed by atoms with Gasteiger partial charge in [-0.25, -0.2) is 14.0 Å². The summed E-state index contributed by atoms with van der Waals surface area (Å²) in [5.74, 6) is 0.190. The molecule has 16 heavy (non-hydrogen) atoms. The Morgan fingerprint density at radius 2 is 2.19 bits per heavy atom. The third-order valence-electron chi connectivity index (χ3n) is 2.18. The van der Waals surface area contributed by atoms with Crippen molar-refractivity contribution in [2.75, 3.05) is 5.73 Å². The molecule has 0 aliphatic rings. The SMILES string of the molecule is Nc1nonc1-c1nc2cc(F)ccc2[nH]1. The molecule has 0 unspecified atom stereocenters. The first-order chi connectivity index (χ1) is 7.74. The molecule has 0 spiro atoms. The summed E-state index contributed by atoms with van der Waals surface area (Å²) in [4.78, 5) is 7.08. The van der Waals surface area contributed by atoms with Gasteiger partial charge in [0.15, 0.2) is 17.3 Å². The Bertz CT molecular complexity index is 659. The van der Waals surface area contributed by atoms with Crippen LogP contribution >= 0.6 is 0 Å². The minimum Gasteiger partial charge on any atom is -0.379 e. The number of nitrogen functional groups attached to an aromatic ring is 1. The second-order valence-corrected chi connectivity index (χ2v) is 3.24. The number of nitrogens with one attached hydrogen (secondary N) is 1. The van der Waals surface area contributed by atoms with Crippen molar-refractivity contribution in [1.82, 2.24) is 20.3 Å². The zero-order valence-electron chi connectivity index (χ0n) is 7.94. The number of imidazole rings is 1. The van der Waals surface area contributed by atoms with Crippen LogP contribution in [0.2, 0.25) is 0 Å². The molecule has 0 saturated carbocycles. The van der Waals surface area contributed by atoms with Gasteiger partial charge in [0.25, 0.3) is 0 Å². The van der Waals surface area contributed by atoms with Crippen molar-refractivity contribution in [3.8, 4) is 11.5 Å². The molecule has 3 N–H and O–H groups in total. The summed E-state index contributed by atoms with van der Waals surface area (Å²) in [6.07, 6.45) is 0. The number of hydrogen-bond donors (Lipinski definition) is 2. The Labute approximate surface area is 88.2 Å². The second kappa shape index (κ2) is 3.02. The van der Waals surface area contributed by atoms with Crippen LogP contribution in [0, 0.1) is 5.82 Å². The van der Waals surface area contributed by atoms with Crippen LogP contribution in [0.4, 0.5) is 10.2 Å². The lowest BCUT2D eigenvalue weighted by molar-refractivity contribution is 0.310. The lowest BCUT2D eigenvalue weighted by Crippen LogP contribution is -1.89. The molecule has 0 fully saturated rings. The first kappa shape index (κ1) is 8.84. The summed E-state index contributed by atoms with van der Waals surface area (Å²) >= 11 is 0. The van der Waals surface area contributed by atoms with Crippen LogP contribution in [-0.4, -0.2) is 20.3 Å². The summed E-state index contributed by atoms with van der Waals surface area (Å²) in [5.41, 5.74) is 7.03. The number of anilines is 1. The van der Waals surface area contributed by atoms with E-state index in [1.165, 1.54) is 12.1 Å². The van der Waals surface area contributed by atoms with E-state index < -0.39 is 0 Å². The predicted octanol–water partition coefficient (Wildman–Crippen LogP) is 1.33. The van der Waals surface area contributed by atoms with Gasteiger partial charge < -0.3 is 10.7 Å². The van der Waals surface area contributed by atoms with Crippen molar-refractivity contribution in [3.63, 3.8) is 0 Å². The fourth-order valence-electron chi connectivity index (χ4n) is 1.45. The summed E-state index contributed by atoms with van der Waals surface area (Å²) in [6.45, 7) is 0. The van der Waals surface area contributed by atoms with Gasteiger partial charge in [0.05, 0.1) is 11.0 Å². The van der Waals surface area contributed by atoms with E-state index in [4.69, 9.17) is 5.73 Å². The molecule has 2 aromatic heterocycles. The topological polar surface area (TPSA) is 93.6 Å². The fourth-order valence-corrected chi connectivity index (χ4v) is 1.45.